The highest BCUT2D eigenvalue weighted by molar-refractivity contribution is 5.94. The van der Waals surface area contributed by atoms with Gasteiger partial charge in [0.05, 0.1) is 6.54 Å². The summed E-state index contributed by atoms with van der Waals surface area (Å²) in [6, 6.07) is 4.50. The first kappa shape index (κ1) is 10.7. The van der Waals surface area contributed by atoms with Crippen molar-refractivity contribution in [1.29, 1.82) is 0 Å². The van der Waals surface area contributed by atoms with Crippen LogP contribution in [0.2, 0.25) is 0 Å². The van der Waals surface area contributed by atoms with Gasteiger partial charge in [-0.05, 0) is 30.7 Å². The topological polar surface area (TPSA) is 46.3 Å². The van der Waals surface area contributed by atoms with Crippen LogP contribution in [0.25, 0.3) is 0 Å². The van der Waals surface area contributed by atoms with E-state index in [-0.39, 0.29) is 18.3 Å². The molecule has 14 heavy (non-hydrogen) atoms. The number of likely N-dealkylation sites (N-methyl/N-ethyl adjacent to an activating group) is 1. The lowest BCUT2D eigenvalue weighted by Gasteiger charge is -2.16. The van der Waals surface area contributed by atoms with E-state index in [2.05, 4.69) is 0 Å². The fraction of sp³-hybridized carbons (Fsp3) is 0.300. The van der Waals surface area contributed by atoms with E-state index < -0.39 is 0 Å². The molecular formula is C10H13FN2O. The summed E-state index contributed by atoms with van der Waals surface area (Å²) in [6.07, 6.45) is 0. The molecule has 76 valence electrons. The summed E-state index contributed by atoms with van der Waals surface area (Å²) >= 11 is 0. The van der Waals surface area contributed by atoms with Crippen LogP contribution in [0.15, 0.2) is 18.2 Å². The largest absolute Gasteiger partial charge is 0.322 e. The Balaban J connectivity index is 2.96. The zero-order valence-corrected chi connectivity index (χ0v) is 8.25. The van der Waals surface area contributed by atoms with Gasteiger partial charge in [0, 0.05) is 12.7 Å². The second kappa shape index (κ2) is 4.19. The minimum absolute atomic E-state index is 0.0487. The molecule has 1 aromatic carbocycles. The third kappa shape index (κ3) is 2.09. The number of nitrogens with two attached hydrogens (primary N) is 1. The third-order valence-corrected chi connectivity index (χ3v) is 2.08. The minimum Gasteiger partial charge on any atom is -0.322 e. The van der Waals surface area contributed by atoms with Gasteiger partial charge in [0.1, 0.15) is 5.82 Å². The number of benzene rings is 1. The number of carbonyl (C=O) groups excluding carboxylic acids is 1. The lowest BCUT2D eigenvalue weighted by Crippen LogP contribution is -2.32. The molecule has 0 bridgehead atoms. The molecule has 1 rings (SSSR count). The summed E-state index contributed by atoms with van der Waals surface area (Å²) < 4.78 is 12.9. The summed E-state index contributed by atoms with van der Waals surface area (Å²) in [5.74, 6) is -0.474. The van der Waals surface area contributed by atoms with Gasteiger partial charge in [-0.3, -0.25) is 4.79 Å². The first-order valence-electron chi connectivity index (χ1n) is 4.29. The Hall–Kier alpha value is -1.42. The van der Waals surface area contributed by atoms with Crippen LogP contribution < -0.4 is 10.6 Å². The molecule has 1 aromatic rings. The van der Waals surface area contributed by atoms with E-state index in [9.17, 15) is 9.18 Å². The van der Waals surface area contributed by atoms with Crippen LogP contribution in [0, 0.1) is 12.7 Å². The monoisotopic (exact) mass is 196 g/mol. The maximum absolute atomic E-state index is 12.9. The van der Waals surface area contributed by atoms with Crippen molar-refractivity contribution in [2.75, 3.05) is 18.5 Å². The van der Waals surface area contributed by atoms with E-state index in [0.29, 0.717) is 11.3 Å². The van der Waals surface area contributed by atoms with Crippen molar-refractivity contribution in [3.8, 4) is 0 Å². The molecule has 0 atom stereocenters. The van der Waals surface area contributed by atoms with Gasteiger partial charge < -0.3 is 10.6 Å². The Morgan fingerprint density at radius 3 is 2.71 bits per heavy atom. The van der Waals surface area contributed by atoms with Gasteiger partial charge in [-0.1, -0.05) is 0 Å². The van der Waals surface area contributed by atoms with Gasteiger partial charge in [0.2, 0.25) is 5.91 Å². The Kier molecular flexibility index (Phi) is 3.19. The number of carbonyl (C=O) groups is 1. The maximum Gasteiger partial charge on any atom is 0.240 e. The molecule has 3 nitrogen and oxygen atoms in total. The zero-order valence-electron chi connectivity index (χ0n) is 8.25. The predicted molar refractivity (Wildman–Crippen MR) is 53.6 cm³/mol. The van der Waals surface area contributed by atoms with Crippen LogP contribution in [-0.2, 0) is 4.79 Å². The smallest absolute Gasteiger partial charge is 0.240 e. The third-order valence-electron chi connectivity index (χ3n) is 2.08. The number of hydrogen-bond donors (Lipinski definition) is 1. The normalized spacial score (nSPS) is 10.0. The molecule has 0 radical (unpaired) electrons. The first-order valence-corrected chi connectivity index (χ1v) is 4.29. The van der Waals surface area contributed by atoms with Gasteiger partial charge in [0.15, 0.2) is 0 Å². The average Bonchev–Trinajstić information content (AvgIpc) is 2.20. The average molecular weight is 196 g/mol. The van der Waals surface area contributed by atoms with Gasteiger partial charge in [-0.2, -0.15) is 0 Å². The van der Waals surface area contributed by atoms with Gasteiger partial charge in [0.25, 0.3) is 0 Å². The number of amides is 1. The minimum atomic E-state index is -0.276. The second-order valence-electron chi connectivity index (χ2n) is 3.09. The number of aryl methyl sites for hydroxylation is 1. The zero-order chi connectivity index (χ0) is 10.7. The standard InChI is InChI=1S/C10H13FN2O/c1-7-5-8(3-4-9(7)11)13(2)10(14)6-12/h3-5H,6,12H2,1-2H3. The molecule has 0 saturated carbocycles. The summed E-state index contributed by atoms with van der Waals surface area (Å²) in [7, 11) is 1.61. The van der Waals surface area contributed by atoms with E-state index in [1.807, 2.05) is 0 Å². The van der Waals surface area contributed by atoms with Crippen LogP contribution in [0.1, 0.15) is 5.56 Å². The van der Waals surface area contributed by atoms with Crippen LogP contribution in [0.3, 0.4) is 0 Å². The Morgan fingerprint density at radius 1 is 1.57 bits per heavy atom. The quantitative estimate of drug-likeness (QED) is 0.768. The molecule has 0 fully saturated rings. The molecule has 1 amide bonds. The molecule has 0 unspecified atom stereocenters. The Labute approximate surface area is 82.3 Å². The van der Waals surface area contributed by atoms with Gasteiger partial charge >= 0.3 is 0 Å². The summed E-state index contributed by atoms with van der Waals surface area (Å²) in [6.45, 7) is 1.60. The number of anilines is 1. The van der Waals surface area contributed by atoms with Crippen molar-refractivity contribution in [3.05, 3.63) is 29.6 Å². The summed E-state index contributed by atoms with van der Waals surface area (Å²) in [4.78, 5) is 12.6. The molecule has 0 spiro atoms. The SMILES string of the molecule is Cc1cc(N(C)C(=O)CN)ccc1F. The van der Waals surface area contributed by atoms with Crippen LogP contribution >= 0.6 is 0 Å². The van der Waals surface area contributed by atoms with Crippen molar-refractivity contribution in [2.45, 2.75) is 6.92 Å². The molecule has 0 aromatic heterocycles. The van der Waals surface area contributed by atoms with Gasteiger partial charge in [-0.25, -0.2) is 4.39 Å². The van der Waals surface area contributed by atoms with E-state index in [1.54, 1.807) is 26.1 Å². The molecule has 0 aliphatic rings. The molecular weight excluding hydrogens is 183 g/mol. The fourth-order valence-electron chi connectivity index (χ4n) is 1.12. The van der Waals surface area contributed by atoms with E-state index in [1.165, 1.54) is 11.0 Å². The molecule has 0 heterocycles. The van der Waals surface area contributed by atoms with Crippen LogP contribution in [-0.4, -0.2) is 19.5 Å². The Morgan fingerprint density at radius 2 is 2.21 bits per heavy atom. The highest BCUT2D eigenvalue weighted by Gasteiger charge is 2.09. The van der Waals surface area contributed by atoms with E-state index in [0.717, 1.165) is 0 Å². The first-order chi connectivity index (χ1) is 6.56. The Bertz CT molecular complexity index is 352. The lowest BCUT2D eigenvalue weighted by molar-refractivity contribution is -0.117. The highest BCUT2D eigenvalue weighted by atomic mass is 19.1. The summed E-state index contributed by atoms with van der Waals surface area (Å²) in [5.41, 5.74) is 6.38. The van der Waals surface area contributed by atoms with E-state index in [4.69, 9.17) is 5.73 Å². The van der Waals surface area contributed by atoms with E-state index >= 15 is 0 Å². The lowest BCUT2D eigenvalue weighted by atomic mass is 10.2. The molecule has 0 aliphatic heterocycles. The number of nitrogens with zero attached hydrogens (tertiary/aromatic N) is 1. The molecule has 0 aliphatic carbocycles. The summed E-state index contributed by atoms with van der Waals surface area (Å²) in [5, 5.41) is 0. The number of rotatable bonds is 2. The van der Waals surface area contributed by atoms with Crippen molar-refractivity contribution in [2.24, 2.45) is 5.73 Å². The van der Waals surface area contributed by atoms with Crippen LogP contribution in [0.5, 0.6) is 0 Å². The van der Waals surface area contributed by atoms with Crippen molar-refractivity contribution >= 4 is 11.6 Å². The van der Waals surface area contributed by atoms with Crippen molar-refractivity contribution < 1.29 is 9.18 Å². The van der Waals surface area contributed by atoms with Crippen molar-refractivity contribution in [1.82, 2.24) is 0 Å². The molecule has 4 heteroatoms. The van der Waals surface area contributed by atoms with Gasteiger partial charge in [-0.15, -0.1) is 0 Å². The number of hydrogen-bond acceptors (Lipinski definition) is 2. The maximum atomic E-state index is 12.9. The fourth-order valence-corrected chi connectivity index (χ4v) is 1.12. The van der Waals surface area contributed by atoms with Crippen molar-refractivity contribution in [3.63, 3.8) is 0 Å². The predicted octanol–water partition coefficient (Wildman–Crippen LogP) is 1.06. The number of halogens is 1. The molecule has 0 saturated heterocycles. The second-order valence-corrected chi connectivity index (χ2v) is 3.09. The highest BCUT2D eigenvalue weighted by Crippen LogP contribution is 2.16. The molecule has 2 N–H and O–H groups in total. The van der Waals surface area contributed by atoms with Crippen LogP contribution in [0.4, 0.5) is 10.1 Å².